The van der Waals surface area contributed by atoms with E-state index in [4.69, 9.17) is 4.74 Å². The predicted octanol–water partition coefficient (Wildman–Crippen LogP) is 13.7. The molecule has 3 heteroatoms. The smallest absolute Gasteiger partial charge is 0.248 e. The number of amides is 1. The van der Waals surface area contributed by atoms with Gasteiger partial charge in [0.15, 0.2) is 0 Å². The number of carbonyl (C=O) groups is 1. The Morgan fingerprint density at radius 1 is 0.500 bits per heavy atom. The molecule has 0 spiro atoms. The van der Waals surface area contributed by atoms with E-state index >= 15 is 0 Å². The number of unbranched alkanes of at least 4 members (excludes halogenated alkanes) is 17. The Kier molecular flexibility index (Phi) is 49.0. The molecule has 0 radical (unpaired) electrons. The highest BCUT2D eigenvalue weighted by atomic mass is 16.5. The first kappa shape index (κ1) is 48.3. The van der Waals surface area contributed by atoms with Gasteiger partial charge in [-0.05, 0) is 33.6 Å². The van der Waals surface area contributed by atoms with Gasteiger partial charge in [-0.1, -0.05) is 190 Å². The SMILES string of the molecule is CCC.CCC.CCCCCCCCC.CCCCCCCCCCCCCCN(CC)C(=O)COC(C)(C)CCC. The van der Waals surface area contributed by atoms with Crippen LogP contribution in [0.1, 0.15) is 224 Å². The first-order chi connectivity index (χ1) is 20.2. The Morgan fingerprint density at radius 3 is 1.10 bits per heavy atom. The van der Waals surface area contributed by atoms with Crippen molar-refractivity contribution in [2.45, 2.75) is 229 Å². The number of hydrogen-bond donors (Lipinski definition) is 0. The van der Waals surface area contributed by atoms with Gasteiger partial charge in [0.25, 0.3) is 0 Å². The number of hydrogen-bond acceptors (Lipinski definition) is 2. The molecule has 0 aliphatic carbocycles. The standard InChI is InChI=1S/C24H49NO2.C9H20.2C3H8/c1-6-9-10-11-12-13-14-15-16-17-18-19-21-25(8-3)23(26)22-27-24(4,5)20-7-2;1-3-5-7-9-8-6-4-2;2*1-3-2/h6-22H2,1-5H3;3-9H2,1-2H3;2*3H2,1-2H3. The van der Waals surface area contributed by atoms with Crippen LogP contribution >= 0.6 is 0 Å². The average molecular weight is 600 g/mol. The summed E-state index contributed by atoms with van der Waals surface area (Å²) in [6.45, 7) is 25.6. The molecular weight excluding hydrogens is 514 g/mol. The highest BCUT2D eigenvalue weighted by Gasteiger charge is 2.20. The highest BCUT2D eigenvalue weighted by Crippen LogP contribution is 2.17. The minimum Gasteiger partial charge on any atom is -0.366 e. The summed E-state index contributed by atoms with van der Waals surface area (Å²) in [5.74, 6) is 0.143. The van der Waals surface area contributed by atoms with Gasteiger partial charge in [-0.25, -0.2) is 0 Å². The molecular formula is C39H85NO2. The molecule has 0 unspecified atom stereocenters. The van der Waals surface area contributed by atoms with E-state index in [1.807, 2.05) is 4.90 Å². The van der Waals surface area contributed by atoms with Crippen molar-refractivity contribution in [3.63, 3.8) is 0 Å². The molecule has 0 rings (SSSR count). The lowest BCUT2D eigenvalue weighted by atomic mass is 10.0. The van der Waals surface area contributed by atoms with E-state index in [-0.39, 0.29) is 18.1 Å². The first-order valence-electron chi connectivity index (χ1n) is 19.1. The minimum absolute atomic E-state index is 0.143. The van der Waals surface area contributed by atoms with Crippen molar-refractivity contribution in [2.24, 2.45) is 0 Å². The van der Waals surface area contributed by atoms with Gasteiger partial charge in [0, 0.05) is 13.1 Å². The number of rotatable bonds is 25. The molecule has 0 aliphatic heterocycles. The van der Waals surface area contributed by atoms with Crippen molar-refractivity contribution in [1.29, 1.82) is 0 Å². The molecule has 0 aliphatic rings. The lowest BCUT2D eigenvalue weighted by Gasteiger charge is -2.27. The second-order valence-electron chi connectivity index (χ2n) is 12.8. The summed E-state index contributed by atoms with van der Waals surface area (Å²) in [7, 11) is 0. The Labute approximate surface area is 269 Å². The first-order valence-corrected chi connectivity index (χ1v) is 19.1. The third-order valence-corrected chi connectivity index (χ3v) is 7.16. The third kappa shape index (κ3) is 46.4. The molecule has 0 bridgehead atoms. The molecule has 42 heavy (non-hydrogen) atoms. The van der Waals surface area contributed by atoms with Crippen LogP contribution in [-0.2, 0) is 9.53 Å². The maximum Gasteiger partial charge on any atom is 0.248 e. The van der Waals surface area contributed by atoms with Crippen molar-refractivity contribution in [3.8, 4) is 0 Å². The zero-order chi connectivity index (χ0) is 32.7. The maximum atomic E-state index is 12.4. The van der Waals surface area contributed by atoms with E-state index in [0.29, 0.717) is 0 Å². The van der Waals surface area contributed by atoms with Gasteiger partial charge in [-0.3, -0.25) is 4.79 Å². The summed E-state index contributed by atoms with van der Waals surface area (Å²) in [5, 5.41) is 0. The van der Waals surface area contributed by atoms with Crippen molar-refractivity contribution in [2.75, 3.05) is 19.7 Å². The van der Waals surface area contributed by atoms with Crippen LogP contribution in [0.25, 0.3) is 0 Å². The highest BCUT2D eigenvalue weighted by molar-refractivity contribution is 5.77. The summed E-state index contributed by atoms with van der Waals surface area (Å²) < 4.78 is 5.84. The zero-order valence-corrected chi connectivity index (χ0v) is 31.6. The van der Waals surface area contributed by atoms with Crippen LogP contribution in [0.15, 0.2) is 0 Å². The summed E-state index contributed by atoms with van der Waals surface area (Å²) in [6.07, 6.45) is 30.8. The van der Waals surface area contributed by atoms with Crippen molar-refractivity contribution in [1.82, 2.24) is 4.90 Å². The lowest BCUT2D eigenvalue weighted by molar-refractivity contribution is -0.142. The molecule has 0 aromatic carbocycles. The van der Waals surface area contributed by atoms with E-state index in [2.05, 4.69) is 76.2 Å². The number of likely N-dealkylation sites (N-methyl/N-ethyl adjacent to an activating group) is 1. The maximum absolute atomic E-state index is 12.4. The number of carbonyl (C=O) groups excluding carboxylic acids is 1. The van der Waals surface area contributed by atoms with E-state index in [9.17, 15) is 4.79 Å². The molecule has 3 nitrogen and oxygen atoms in total. The molecule has 1 amide bonds. The quantitative estimate of drug-likeness (QED) is 0.0977. The van der Waals surface area contributed by atoms with Gasteiger partial charge >= 0.3 is 0 Å². The van der Waals surface area contributed by atoms with Crippen molar-refractivity contribution >= 4 is 5.91 Å². The second kappa shape index (κ2) is 42.6. The monoisotopic (exact) mass is 600 g/mol. The minimum atomic E-state index is -0.195. The van der Waals surface area contributed by atoms with Crippen molar-refractivity contribution < 1.29 is 9.53 Å². The van der Waals surface area contributed by atoms with Crippen LogP contribution in [0, 0.1) is 0 Å². The average Bonchev–Trinajstić information content (AvgIpc) is 2.95. The molecule has 0 fully saturated rings. The summed E-state index contributed by atoms with van der Waals surface area (Å²) >= 11 is 0. The Hall–Kier alpha value is -0.570. The molecule has 0 aromatic heterocycles. The largest absolute Gasteiger partial charge is 0.366 e. The molecule has 0 atom stereocenters. The van der Waals surface area contributed by atoms with Gasteiger partial charge in [-0.15, -0.1) is 0 Å². The van der Waals surface area contributed by atoms with Crippen LogP contribution in [0.4, 0.5) is 0 Å². The molecule has 0 aromatic rings. The number of ether oxygens (including phenoxy) is 1. The van der Waals surface area contributed by atoms with Gasteiger partial charge in [-0.2, -0.15) is 0 Å². The number of nitrogens with zero attached hydrogens (tertiary/aromatic N) is 1. The van der Waals surface area contributed by atoms with Crippen LogP contribution in [-0.4, -0.2) is 36.1 Å². The zero-order valence-electron chi connectivity index (χ0n) is 31.6. The predicted molar refractivity (Wildman–Crippen MR) is 194 cm³/mol. The summed E-state index contributed by atoms with van der Waals surface area (Å²) in [4.78, 5) is 14.3. The van der Waals surface area contributed by atoms with Crippen LogP contribution in [0.3, 0.4) is 0 Å². The van der Waals surface area contributed by atoms with Crippen molar-refractivity contribution in [3.05, 3.63) is 0 Å². The van der Waals surface area contributed by atoms with E-state index in [1.54, 1.807) is 0 Å². The molecule has 0 N–H and O–H groups in total. The molecule has 0 saturated heterocycles. The van der Waals surface area contributed by atoms with Crippen LogP contribution in [0.5, 0.6) is 0 Å². The summed E-state index contributed by atoms with van der Waals surface area (Å²) in [6, 6.07) is 0. The van der Waals surface area contributed by atoms with E-state index < -0.39 is 0 Å². The normalized spacial score (nSPS) is 10.5. The summed E-state index contributed by atoms with van der Waals surface area (Å²) in [5.41, 5.74) is -0.195. The molecule has 258 valence electrons. The third-order valence-electron chi connectivity index (χ3n) is 7.16. The fourth-order valence-electron chi connectivity index (χ4n) is 4.66. The lowest BCUT2D eigenvalue weighted by Crippen LogP contribution is -2.37. The Balaban J connectivity index is -0.000000395. The fourth-order valence-corrected chi connectivity index (χ4v) is 4.66. The van der Waals surface area contributed by atoms with E-state index in [0.717, 1.165) is 32.4 Å². The van der Waals surface area contributed by atoms with Gasteiger partial charge in [0.1, 0.15) is 6.61 Å². The second-order valence-corrected chi connectivity index (χ2v) is 12.8. The van der Waals surface area contributed by atoms with Gasteiger partial charge < -0.3 is 9.64 Å². The molecule has 0 heterocycles. The molecule has 0 saturated carbocycles. The van der Waals surface area contributed by atoms with Crippen LogP contribution in [0.2, 0.25) is 0 Å². The van der Waals surface area contributed by atoms with E-state index in [1.165, 1.54) is 128 Å². The van der Waals surface area contributed by atoms with Gasteiger partial charge in [0.2, 0.25) is 5.91 Å². The fraction of sp³-hybridized carbons (Fsp3) is 0.974. The van der Waals surface area contributed by atoms with Gasteiger partial charge in [0.05, 0.1) is 5.60 Å². The topological polar surface area (TPSA) is 29.5 Å². The Morgan fingerprint density at radius 2 is 0.810 bits per heavy atom. The Bertz CT molecular complexity index is 455. The van der Waals surface area contributed by atoms with Crippen LogP contribution < -0.4 is 0 Å².